The Morgan fingerprint density at radius 2 is 1.64 bits per heavy atom. The van der Waals surface area contributed by atoms with E-state index < -0.39 is 17.7 Å². The summed E-state index contributed by atoms with van der Waals surface area (Å²) in [7, 11) is 0. The minimum absolute atomic E-state index is 0.118. The van der Waals surface area contributed by atoms with Crippen molar-refractivity contribution in [2.45, 2.75) is 72.4 Å². The molecule has 0 radical (unpaired) electrons. The van der Waals surface area contributed by atoms with Crippen molar-refractivity contribution in [3.05, 3.63) is 64.7 Å². The number of nitrogens with one attached hydrogen (secondary N) is 1. The Morgan fingerprint density at radius 1 is 0.970 bits per heavy atom. The summed E-state index contributed by atoms with van der Waals surface area (Å²) in [5.41, 5.74) is 4.69. The number of benzene rings is 2. The van der Waals surface area contributed by atoms with E-state index in [1.807, 2.05) is 6.92 Å². The highest BCUT2D eigenvalue weighted by Crippen LogP contribution is 2.28. The molecule has 0 aromatic heterocycles. The van der Waals surface area contributed by atoms with E-state index in [1.54, 1.807) is 0 Å². The quantitative estimate of drug-likeness (QED) is 0.493. The zero-order chi connectivity index (χ0) is 24.0. The Balaban J connectivity index is 1.63. The van der Waals surface area contributed by atoms with Crippen LogP contribution in [0.2, 0.25) is 0 Å². The zero-order valence-electron chi connectivity index (χ0n) is 20.6. The normalized spacial score (nSPS) is 16.6. The van der Waals surface area contributed by atoms with Crippen molar-refractivity contribution in [1.29, 1.82) is 0 Å². The lowest BCUT2D eigenvalue weighted by atomic mass is 9.87. The number of hydrogen-bond acceptors (Lipinski definition) is 3. The third kappa shape index (κ3) is 8.08. The maximum absolute atomic E-state index is 13.5. The molecule has 2 aromatic rings. The largest absolute Gasteiger partial charge is 0.392 e. The summed E-state index contributed by atoms with van der Waals surface area (Å²) in [6, 6.07) is 10.4. The molecule has 1 aliphatic heterocycles. The van der Waals surface area contributed by atoms with Gasteiger partial charge in [0.25, 0.3) is 0 Å². The van der Waals surface area contributed by atoms with Crippen LogP contribution >= 0.6 is 0 Å². The van der Waals surface area contributed by atoms with Gasteiger partial charge in [-0.05, 0) is 78.3 Å². The minimum atomic E-state index is -0.604. The molecule has 3 nitrogen and oxygen atoms in total. The van der Waals surface area contributed by atoms with Gasteiger partial charge in [-0.15, -0.1) is 0 Å². The van der Waals surface area contributed by atoms with Gasteiger partial charge in [0.1, 0.15) is 11.6 Å². The Bertz CT molecular complexity index is 883. The van der Waals surface area contributed by atoms with Crippen LogP contribution in [0.1, 0.15) is 63.6 Å². The molecule has 33 heavy (non-hydrogen) atoms. The number of nitrogens with zero attached hydrogens (tertiary/aromatic N) is 1. The molecule has 1 heterocycles. The SMILES string of the molecule is C[C@@H](Cc1cc(F)cc(F)c1)[C@H](O)CNCc1cc(CC(C)(C)C)ccc1N1CCCCC1. The molecule has 0 amide bonds. The molecule has 0 bridgehead atoms. The highest BCUT2D eigenvalue weighted by Gasteiger charge is 2.19. The fourth-order valence-corrected chi connectivity index (χ4v) is 4.74. The van der Waals surface area contributed by atoms with Gasteiger partial charge >= 0.3 is 0 Å². The van der Waals surface area contributed by atoms with Crippen molar-refractivity contribution in [2.75, 3.05) is 24.5 Å². The van der Waals surface area contributed by atoms with E-state index in [0.29, 0.717) is 25.1 Å². The van der Waals surface area contributed by atoms with Gasteiger partial charge < -0.3 is 15.3 Å². The van der Waals surface area contributed by atoms with Crippen LogP contribution in [0.15, 0.2) is 36.4 Å². The van der Waals surface area contributed by atoms with Crippen LogP contribution < -0.4 is 10.2 Å². The molecule has 2 N–H and O–H groups in total. The number of hydrogen-bond donors (Lipinski definition) is 2. The molecule has 2 atom stereocenters. The summed E-state index contributed by atoms with van der Waals surface area (Å²) in [5.74, 6) is -1.28. The van der Waals surface area contributed by atoms with Gasteiger partial charge in [-0.25, -0.2) is 8.78 Å². The lowest BCUT2D eigenvalue weighted by molar-refractivity contribution is 0.114. The lowest BCUT2D eigenvalue weighted by Gasteiger charge is -2.31. The summed E-state index contributed by atoms with van der Waals surface area (Å²) in [5, 5.41) is 14.1. The Labute approximate surface area is 198 Å². The number of anilines is 1. The molecule has 0 spiro atoms. The average Bonchev–Trinajstić information content (AvgIpc) is 2.72. The number of aliphatic hydroxyl groups excluding tert-OH is 1. The van der Waals surface area contributed by atoms with E-state index in [-0.39, 0.29) is 11.3 Å². The second-order valence-electron chi connectivity index (χ2n) is 10.9. The number of halogens is 2. The Hall–Kier alpha value is -1.98. The third-order valence-electron chi connectivity index (χ3n) is 6.38. The fourth-order valence-electron chi connectivity index (χ4n) is 4.74. The van der Waals surface area contributed by atoms with Crippen LogP contribution in [-0.4, -0.2) is 30.8 Å². The van der Waals surface area contributed by atoms with Gasteiger partial charge in [0.2, 0.25) is 0 Å². The van der Waals surface area contributed by atoms with Crippen LogP contribution in [0.3, 0.4) is 0 Å². The van der Waals surface area contributed by atoms with E-state index in [4.69, 9.17) is 0 Å². The van der Waals surface area contributed by atoms with E-state index in [0.717, 1.165) is 25.6 Å². The van der Waals surface area contributed by atoms with E-state index in [1.165, 1.54) is 48.2 Å². The molecule has 0 unspecified atom stereocenters. The van der Waals surface area contributed by atoms with E-state index in [2.05, 4.69) is 49.2 Å². The van der Waals surface area contributed by atoms with Gasteiger partial charge in [0.15, 0.2) is 0 Å². The molecular weight excluding hydrogens is 418 g/mol. The van der Waals surface area contributed by atoms with Crippen molar-refractivity contribution >= 4 is 5.69 Å². The maximum atomic E-state index is 13.5. The van der Waals surface area contributed by atoms with E-state index >= 15 is 0 Å². The zero-order valence-corrected chi connectivity index (χ0v) is 20.6. The molecule has 1 saturated heterocycles. The predicted octanol–water partition coefficient (Wildman–Crippen LogP) is 5.87. The first kappa shape index (κ1) is 25.6. The summed E-state index contributed by atoms with van der Waals surface area (Å²) < 4.78 is 27.0. The van der Waals surface area contributed by atoms with Crippen LogP contribution in [-0.2, 0) is 19.4 Å². The highest BCUT2D eigenvalue weighted by molar-refractivity contribution is 5.55. The summed E-state index contributed by atoms with van der Waals surface area (Å²) >= 11 is 0. The van der Waals surface area contributed by atoms with Gasteiger partial charge in [-0.1, -0.05) is 39.8 Å². The number of rotatable bonds is 9. The predicted molar refractivity (Wildman–Crippen MR) is 133 cm³/mol. The first-order valence-electron chi connectivity index (χ1n) is 12.3. The summed E-state index contributed by atoms with van der Waals surface area (Å²) in [6.45, 7) is 12.0. The van der Waals surface area contributed by atoms with Crippen molar-refractivity contribution < 1.29 is 13.9 Å². The maximum Gasteiger partial charge on any atom is 0.126 e. The van der Waals surface area contributed by atoms with Gasteiger partial charge in [-0.2, -0.15) is 0 Å². The molecular formula is C28H40F2N2O. The lowest BCUT2D eigenvalue weighted by Crippen LogP contribution is -2.34. The molecule has 0 aliphatic carbocycles. The molecule has 0 saturated carbocycles. The third-order valence-corrected chi connectivity index (χ3v) is 6.38. The molecule has 3 rings (SSSR count). The van der Waals surface area contributed by atoms with Gasteiger partial charge in [-0.3, -0.25) is 0 Å². The van der Waals surface area contributed by atoms with Crippen LogP contribution in [0.25, 0.3) is 0 Å². The monoisotopic (exact) mass is 458 g/mol. The number of piperidine rings is 1. The molecule has 182 valence electrons. The number of aliphatic hydroxyl groups is 1. The smallest absolute Gasteiger partial charge is 0.126 e. The standard InChI is InChI=1S/C28H40F2N2O/c1-20(12-22-14-24(29)16-25(30)15-22)27(33)19-31-18-23-13-21(17-28(2,3)4)8-9-26(23)32-10-6-5-7-11-32/h8-9,13-16,20,27,31,33H,5-7,10-12,17-19H2,1-4H3/t20-,27+/m0/s1. The Morgan fingerprint density at radius 3 is 2.27 bits per heavy atom. The van der Waals surface area contributed by atoms with Crippen molar-refractivity contribution in [3.63, 3.8) is 0 Å². The van der Waals surface area contributed by atoms with Gasteiger partial charge in [0, 0.05) is 37.9 Å². The topological polar surface area (TPSA) is 35.5 Å². The van der Waals surface area contributed by atoms with Crippen LogP contribution in [0, 0.1) is 23.0 Å². The van der Waals surface area contributed by atoms with Crippen LogP contribution in [0.5, 0.6) is 0 Å². The minimum Gasteiger partial charge on any atom is -0.392 e. The summed E-state index contributed by atoms with van der Waals surface area (Å²) in [4.78, 5) is 2.49. The second kappa shape index (κ2) is 11.4. The second-order valence-corrected chi connectivity index (χ2v) is 10.9. The van der Waals surface area contributed by atoms with Crippen molar-refractivity contribution in [3.8, 4) is 0 Å². The molecule has 1 fully saturated rings. The first-order chi connectivity index (χ1) is 15.6. The highest BCUT2D eigenvalue weighted by atomic mass is 19.1. The van der Waals surface area contributed by atoms with Crippen molar-refractivity contribution in [1.82, 2.24) is 5.32 Å². The molecule has 2 aromatic carbocycles. The molecule has 1 aliphatic rings. The van der Waals surface area contributed by atoms with Crippen molar-refractivity contribution in [2.24, 2.45) is 11.3 Å². The van der Waals surface area contributed by atoms with Crippen LogP contribution in [0.4, 0.5) is 14.5 Å². The average molecular weight is 459 g/mol. The Kier molecular flexibility index (Phi) is 8.88. The van der Waals surface area contributed by atoms with Gasteiger partial charge in [0.05, 0.1) is 6.10 Å². The summed E-state index contributed by atoms with van der Waals surface area (Å²) in [6.07, 6.45) is 4.60. The van der Waals surface area contributed by atoms with E-state index in [9.17, 15) is 13.9 Å². The fraction of sp³-hybridized carbons (Fsp3) is 0.571. The first-order valence-corrected chi connectivity index (χ1v) is 12.3. The molecule has 5 heteroatoms.